The minimum absolute atomic E-state index is 0.197. The largest absolute Gasteiger partial charge is 0.492 e. The first kappa shape index (κ1) is 24.7. The first-order valence-corrected chi connectivity index (χ1v) is 13.0. The van der Waals surface area contributed by atoms with E-state index in [1.54, 1.807) is 42.5 Å². The Morgan fingerprint density at radius 2 is 1.91 bits per heavy atom. The number of aryl methyl sites for hydroxylation is 2. The van der Waals surface area contributed by atoms with E-state index in [2.05, 4.69) is 27.2 Å². The molecule has 3 aromatic carbocycles. The van der Waals surface area contributed by atoms with Crippen molar-refractivity contribution in [3.8, 4) is 5.75 Å². The van der Waals surface area contributed by atoms with Gasteiger partial charge in [-0.1, -0.05) is 31.2 Å². The molecule has 0 spiro atoms. The van der Waals surface area contributed by atoms with Crippen LogP contribution in [0.15, 0.2) is 71.6 Å². The third-order valence-corrected chi connectivity index (χ3v) is 7.05. The summed E-state index contributed by atoms with van der Waals surface area (Å²) in [6, 6.07) is 19.3. The molecule has 4 N–H and O–H groups in total. The van der Waals surface area contributed by atoms with Gasteiger partial charge < -0.3 is 15.2 Å². The summed E-state index contributed by atoms with van der Waals surface area (Å²) in [5.74, 6) is 0.739. The zero-order valence-electron chi connectivity index (χ0n) is 19.8. The van der Waals surface area contributed by atoms with Gasteiger partial charge in [-0.25, -0.2) is 8.42 Å². The second kappa shape index (κ2) is 10.9. The Morgan fingerprint density at radius 3 is 2.71 bits per heavy atom. The van der Waals surface area contributed by atoms with Crippen LogP contribution in [0.4, 0.5) is 5.69 Å². The van der Waals surface area contributed by atoms with Crippen molar-refractivity contribution in [1.29, 1.82) is 0 Å². The van der Waals surface area contributed by atoms with Gasteiger partial charge in [0.25, 0.3) is 10.0 Å². The Labute approximate surface area is 205 Å². The van der Waals surface area contributed by atoms with E-state index < -0.39 is 16.1 Å². The van der Waals surface area contributed by atoms with Crippen molar-refractivity contribution in [2.45, 2.75) is 31.3 Å². The highest BCUT2D eigenvalue weighted by Gasteiger charge is 2.15. The number of fused-ring (bicyclic) bond motifs is 1. The molecule has 0 aliphatic carbocycles. The van der Waals surface area contributed by atoms with E-state index >= 15 is 0 Å². The van der Waals surface area contributed by atoms with Gasteiger partial charge in [0.05, 0.1) is 16.5 Å². The van der Waals surface area contributed by atoms with Crippen LogP contribution < -0.4 is 14.8 Å². The van der Waals surface area contributed by atoms with Crippen molar-refractivity contribution in [3.63, 3.8) is 0 Å². The number of aromatic amines is 1. The Kier molecular flexibility index (Phi) is 7.70. The van der Waals surface area contributed by atoms with E-state index in [1.165, 1.54) is 0 Å². The van der Waals surface area contributed by atoms with E-state index in [-0.39, 0.29) is 4.90 Å². The Hall–Kier alpha value is -3.40. The van der Waals surface area contributed by atoms with Crippen LogP contribution in [0.25, 0.3) is 10.9 Å². The molecule has 35 heavy (non-hydrogen) atoms. The maximum absolute atomic E-state index is 12.7. The molecule has 0 saturated heterocycles. The number of ether oxygens (including phenoxy) is 1. The van der Waals surface area contributed by atoms with Crippen LogP contribution in [-0.4, -0.2) is 43.4 Å². The molecule has 0 aliphatic rings. The van der Waals surface area contributed by atoms with Gasteiger partial charge in [-0.05, 0) is 60.9 Å². The highest BCUT2D eigenvalue weighted by atomic mass is 32.2. The quantitative estimate of drug-likeness (QED) is 0.235. The number of anilines is 1. The molecule has 1 heterocycles. The molecule has 1 aromatic heterocycles. The number of aliphatic hydroxyl groups is 1. The van der Waals surface area contributed by atoms with Crippen LogP contribution >= 0.6 is 0 Å². The van der Waals surface area contributed by atoms with Crippen molar-refractivity contribution >= 4 is 26.6 Å². The lowest BCUT2D eigenvalue weighted by Crippen LogP contribution is -2.26. The van der Waals surface area contributed by atoms with Gasteiger partial charge in [-0.15, -0.1) is 0 Å². The zero-order valence-corrected chi connectivity index (χ0v) is 20.6. The van der Waals surface area contributed by atoms with Gasteiger partial charge >= 0.3 is 0 Å². The van der Waals surface area contributed by atoms with E-state index in [0.29, 0.717) is 30.9 Å². The molecule has 0 radical (unpaired) electrons. The number of nitrogens with one attached hydrogen (secondary N) is 3. The lowest BCUT2D eigenvalue weighted by molar-refractivity contribution is 0.172. The third kappa shape index (κ3) is 6.19. The van der Waals surface area contributed by atoms with Crippen molar-refractivity contribution in [2.75, 3.05) is 24.4 Å². The molecule has 1 atom stereocenters. The van der Waals surface area contributed by atoms with Crippen LogP contribution in [0.2, 0.25) is 0 Å². The summed E-state index contributed by atoms with van der Waals surface area (Å²) in [5, 5.41) is 22.2. The molecular weight excluding hydrogens is 464 g/mol. The zero-order chi connectivity index (χ0) is 24.8. The van der Waals surface area contributed by atoms with Crippen LogP contribution in [0, 0.1) is 6.92 Å². The van der Waals surface area contributed by atoms with E-state index in [4.69, 9.17) is 4.74 Å². The van der Waals surface area contributed by atoms with Gasteiger partial charge in [-0.2, -0.15) is 5.10 Å². The molecule has 9 heteroatoms. The van der Waals surface area contributed by atoms with Crippen LogP contribution in [0.5, 0.6) is 5.75 Å². The predicted octanol–water partition coefficient (Wildman–Crippen LogP) is 3.94. The first-order chi connectivity index (χ1) is 16.9. The SMILES string of the molecule is CCc1[nH]nc2cc(OCCNC[C@H](O)c3cccc(NS(=O)(=O)c4cccc(C)c4)c3)ccc12. The molecular formula is C26H30N4O4S. The molecule has 0 saturated carbocycles. The minimum atomic E-state index is -3.71. The van der Waals surface area contributed by atoms with Crippen LogP contribution in [0.3, 0.4) is 0 Å². The third-order valence-electron chi connectivity index (χ3n) is 5.67. The number of hydrogen-bond acceptors (Lipinski definition) is 6. The van der Waals surface area contributed by atoms with Crippen molar-refractivity contribution in [2.24, 2.45) is 0 Å². The van der Waals surface area contributed by atoms with Gasteiger partial charge in [0, 0.05) is 35.9 Å². The fraction of sp³-hybridized carbons (Fsp3) is 0.269. The standard InChI is InChI=1S/C26H30N4O4S/c1-3-24-23-11-10-21(16-25(23)29-28-24)34-13-12-27-17-26(31)19-7-5-8-20(15-19)30-35(32,33)22-9-4-6-18(2)14-22/h4-11,14-16,26-27,30-31H,3,12-13,17H2,1-2H3,(H,28,29)/t26-/m0/s1. The normalized spacial score (nSPS) is 12.5. The number of nitrogens with zero attached hydrogens (tertiary/aromatic N) is 1. The summed E-state index contributed by atoms with van der Waals surface area (Å²) in [6.07, 6.45) is 0.0936. The molecule has 184 valence electrons. The fourth-order valence-electron chi connectivity index (χ4n) is 3.81. The van der Waals surface area contributed by atoms with E-state index in [1.807, 2.05) is 31.2 Å². The smallest absolute Gasteiger partial charge is 0.261 e. The molecule has 0 unspecified atom stereocenters. The number of benzene rings is 3. The molecule has 4 rings (SSSR count). The molecule has 4 aromatic rings. The number of H-pyrrole nitrogens is 1. The van der Waals surface area contributed by atoms with E-state index in [9.17, 15) is 13.5 Å². The number of aromatic nitrogens is 2. The van der Waals surface area contributed by atoms with E-state index in [0.717, 1.165) is 34.3 Å². The lowest BCUT2D eigenvalue weighted by Gasteiger charge is -2.15. The van der Waals surface area contributed by atoms with Crippen molar-refractivity contribution in [3.05, 3.63) is 83.6 Å². The summed E-state index contributed by atoms with van der Waals surface area (Å²) in [5.41, 5.74) is 3.85. The fourth-order valence-corrected chi connectivity index (χ4v) is 4.96. The summed E-state index contributed by atoms with van der Waals surface area (Å²) in [7, 11) is -3.71. The number of sulfonamides is 1. The van der Waals surface area contributed by atoms with Crippen LogP contribution in [0.1, 0.15) is 29.8 Å². The number of hydrogen-bond donors (Lipinski definition) is 4. The molecule has 8 nitrogen and oxygen atoms in total. The summed E-state index contributed by atoms with van der Waals surface area (Å²) in [6.45, 7) is 5.19. The Bertz CT molecular complexity index is 1400. The second-order valence-electron chi connectivity index (χ2n) is 8.35. The molecule has 0 bridgehead atoms. The van der Waals surface area contributed by atoms with Crippen molar-refractivity contribution in [1.82, 2.24) is 15.5 Å². The summed E-state index contributed by atoms with van der Waals surface area (Å²) < 4.78 is 33.7. The number of aliphatic hydroxyl groups excluding tert-OH is 1. The maximum atomic E-state index is 12.7. The summed E-state index contributed by atoms with van der Waals surface area (Å²) >= 11 is 0. The average Bonchev–Trinajstić information content (AvgIpc) is 3.26. The molecule has 0 aliphatic heterocycles. The minimum Gasteiger partial charge on any atom is -0.492 e. The second-order valence-corrected chi connectivity index (χ2v) is 10.0. The van der Waals surface area contributed by atoms with Crippen LogP contribution in [-0.2, 0) is 16.4 Å². The monoisotopic (exact) mass is 494 g/mol. The highest BCUT2D eigenvalue weighted by molar-refractivity contribution is 7.92. The number of rotatable bonds is 11. The topological polar surface area (TPSA) is 116 Å². The Morgan fingerprint density at radius 1 is 1.09 bits per heavy atom. The summed E-state index contributed by atoms with van der Waals surface area (Å²) in [4.78, 5) is 0.197. The van der Waals surface area contributed by atoms with Gasteiger partial charge in [0.1, 0.15) is 12.4 Å². The maximum Gasteiger partial charge on any atom is 0.261 e. The van der Waals surface area contributed by atoms with Gasteiger partial charge in [0.15, 0.2) is 0 Å². The molecule has 0 fully saturated rings. The highest BCUT2D eigenvalue weighted by Crippen LogP contribution is 2.23. The Balaban J connectivity index is 1.27. The van der Waals surface area contributed by atoms with Crippen molar-refractivity contribution < 1.29 is 18.3 Å². The lowest BCUT2D eigenvalue weighted by atomic mass is 10.1. The van der Waals surface area contributed by atoms with Gasteiger partial charge in [-0.3, -0.25) is 9.82 Å². The predicted molar refractivity (Wildman–Crippen MR) is 137 cm³/mol. The molecule has 0 amide bonds. The average molecular weight is 495 g/mol. The first-order valence-electron chi connectivity index (χ1n) is 11.5. The van der Waals surface area contributed by atoms with Gasteiger partial charge in [0.2, 0.25) is 0 Å².